The molecule has 0 bridgehead atoms. The first-order valence-electron chi connectivity index (χ1n) is 4.22. The van der Waals surface area contributed by atoms with Gasteiger partial charge in [-0.05, 0) is 25.8 Å². The molecule has 2 amide bonds. The van der Waals surface area contributed by atoms with Crippen LogP contribution in [0.2, 0.25) is 0 Å². The topological polar surface area (TPSA) is 37.4 Å². The number of carbonyl (C=O) groups excluding carboxylic acids is 2. The lowest BCUT2D eigenvalue weighted by Gasteiger charge is -2.23. The van der Waals surface area contributed by atoms with E-state index in [2.05, 4.69) is 0 Å². The Morgan fingerprint density at radius 2 is 2.25 bits per heavy atom. The van der Waals surface area contributed by atoms with Gasteiger partial charge in [-0.1, -0.05) is 6.08 Å². The van der Waals surface area contributed by atoms with E-state index in [9.17, 15) is 9.59 Å². The van der Waals surface area contributed by atoms with Crippen molar-refractivity contribution < 1.29 is 9.59 Å². The lowest BCUT2D eigenvalue weighted by molar-refractivity contribution is -0.143. The van der Waals surface area contributed by atoms with E-state index in [0.717, 1.165) is 12.8 Å². The van der Waals surface area contributed by atoms with Gasteiger partial charge >= 0.3 is 0 Å². The third kappa shape index (κ3) is 1.94. The monoisotopic (exact) mass is 167 g/mol. The predicted octanol–water partition coefficient (Wildman–Crippen LogP) is 1.10. The molecule has 12 heavy (non-hydrogen) atoms. The van der Waals surface area contributed by atoms with Crippen molar-refractivity contribution in [2.75, 3.05) is 6.54 Å². The Labute approximate surface area is 72.0 Å². The molecule has 66 valence electrons. The Hall–Kier alpha value is -1.12. The Bertz CT molecular complexity index is 221. The Balaban J connectivity index is 2.59. The van der Waals surface area contributed by atoms with Gasteiger partial charge in [-0.3, -0.25) is 14.5 Å². The second-order valence-corrected chi connectivity index (χ2v) is 2.84. The maximum atomic E-state index is 11.2. The summed E-state index contributed by atoms with van der Waals surface area (Å²) in [7, 11) is 0. The fourth-order valence-corrected chi connectivity index (χ4v) is 1.27. The highest BCUT2D eigenvalue weighted by Gasteiger charge is 2.21. The van der Waals surface area contributed by atoms with Crippen LogP contribution in [-0.4, -0.2) is 23.3 Å². The van der Waals surface area contributed by atoms with Crippen molar-refractivity contribution in [3.63, 3.8) is 0 Å². The first-order valence-corrected chi connectivity index (χ1v) is 4.22. The zero-order chi connectivity index (χ0) is 8.97. The number of rotatable bonds is 1. The molecular formula is C9H13NO2. The lowest BCUT2D eigenvalue weighted by Crippen LogP contribution is -2.39. The van der Waals surface area contributed by atoms with E-state index in [1.165, 1.54) is 11.0 Å². The molecule has 0 aromatic heterocycles. The third-order valence-corrected chi connectivity index (χ3v) is 1.90. The standard InChI is InChI=1S/C9H13NO2/c1-2-5-8(11)10-7-4-3-6-9(10)12/h2,5H,3-4,6-7H2,1H3/b5-2+. The fourth-order valence-electron chi connectivity index (χ4n) is 1.27. The van der Waals surface area contributed by atoms with Gasteiger partial charge < -0.3 is 0 Å². The molecule has 1 aliphatic rings. The Morgan fingerprint density at radius 1 is 1.50 bits per heavy atom. The molecule has 3 heteroatoms. The van der Waals surface area contributed by atoms with Crippen LogP contribution in [0.3, 0.4) is 0 Å². The number of piperidine rings is 1. The fraction of sp³-hybridized carbons (Fsp3) is 0.556. The molecule has 0 radical (unpaired) electrons. The summed E-state index contributed by atoms with van der Waals surface area (Å²) < 4.78 is 0. The smallest absolute Gasteiger partial charge is 0.252 e. The van der Waals surface area contributed by atoms with Crippen LogP contribution in [0.4, 0.5) is 0 Å². The largest absolute Gasteiger partial charge is 0.279 e. The van der Waals surface area contributed by atoms with Crippen molar-refractivity contribution in [2.24, 2.45) is 0 Å². The number of carbonyl (C=O) groups is 2. The summed E-state index contributed by atoms with van der Waals surface area (Å²) in [5.74, 6) is -0.216. The van der Waals surface area contributed by atoms with Crippen LogP contribution in [0.1, 0.15) is 26.2 Å². The molecule has 0 aromatic carbocycles. The minimum atomic E-state index is -0.179. The number of nitrogens with zero attached hydrogens (tertiary/aromatic N) is 1. The average Bonchev–Trinajstić information content (AvgIpc) is 2.05. The van der Waals surface area contributed by atoms with Crippen molar-refractivity contribution in [1.29, 1.82) is 0 Å². The molecule has 1 saturated heterocycles. The first kappa shape index (κ1) is 8.97. The van der Waals surface area contributed by atoms with Gasteiger partial charge in [-0.25, -0.2) is 0 Å². The molecule has 0 aromatic rings. The van der Waals surface area contributed by atoms with Crippen LogP contribution in [0.5, 0.6) is 0 Å². The highest BCUT2D eigenvalue weighted by Crippen LogP contribution is 2.10. The van der Waals surface area contributed by atoms with Crippen LogP contribution < -0.4 is 0 Å². The van der Waals surface area contributed by atoms with Gasteiger partial charge in [-0.2, -0.15) is 0 Å². The van der Waals surface area contributed by atoms with Gasteiger partial charge in [0, 0.05) is 13.0 Å². The van der Waals surface area contributed by atoms with Gasteiger partial charge in [0.2, 0.25) is 5.91 Å². The van der Waals surface area contributed by atoms with Gasteiger partial charge in [0.25, 0.3) is 5.91 Å². The second-order valence-electron chi connectivity index (χ2n) is 2.84. The van der Waals surface area contributed by atoms with Gasteiger partial charge in [0.05, 0.1) is 0 Å². The van der Waals surface area contributed by atoms with Gasteiger partial charge in [0.15, 0.2) is 0 Å². The van der Waals surface area contributed by atoms with Crippen LogP contribution in [0.25, 0.3) is 0 Å². The molecule has 1 rings (SSSR count). The second kappa shape index (κ2) is 4.04. The normalized spacial score (nSPS) is 18.8. The predicted molar refractivity (Wildman–Crippen MR) is 45.4 cm³/mol. The minimum Gasteiger partial charge on any atom is -0.279 e. The summed E-state index contributed by atoms with van der Waals surface area (Å²) in [6.07, 6.45) is 5.46. The number of likely N-dealkylation sites (tertiary alicyclic amines) is 1. The van der Waals surface area contributed by atoms with E-state index in [1.807, 2.05) is 0 Å². The van der Waals surface area contributed by atoms with E-state index >= 15 is 0 Å². The van der Waals surface area contributed by atoms with Crippen LogP contribution in [-0.2, 0) is 9.59 Å². The quantitative estimate of drug-likeness (QED) is 0.548. The van der Waals surface area contributed by atoms with E-state index in [4.69, 9.17) is 0 Å². The Kier molecular flexibility index (Phi) is 3.02. The van der Waals surface area contributed by atoms with E-state index in [-0.39, 0.29) is 11.8 Å². The van der Waals surface area contributed by atoms with Crippen molar-refractivity contribution in [2.45, 2.75) is 26.2 Å². The third-order valence-electron chi connectivity index (χ3n) is 1.90. The SMILES string of the molecule is C/C=C/C(=O)N1CCCCC1=O. The highest BCUT2D eigenvalue weighted by molar-refractivity contribution is 6.01. The molecule has 0 atom stereocenters. The first-order chi connectivity index (χ1) is 5.75. The zero-order valence-corrected chi connectivity index (χ0v) is 7.25. The molecule has 1 aliphatic heterocycles. The van der Waals surface area contributed by atoms with Crippen LogP contribution >= 0.6 is 0 Å². The van der Waals surface area contributed by atoms with Gasteiger partial charge in [-0.15, -0.1) is 0 Å². The number of imide groups is 1. The number of hydrogen-bond donors (Lipinski definition) is 0. The van der Waals surface area contributed by atoms with Crippen LogP contribution in [0.15, 0.2) is 12.2 Å². The summed E-state index contributed by atoms with van der Waals surface area (Å²) in [5, 5.41) is 0. The van der Waals surface area contributed by atoms with Crippen molar-refractivity contribution in [1.82, 2.24) is 4.90 Å². The summed E-state index contributed by atoms with van der Waals surface area (Å²) in [4.78, 5) is 23.7. The number of allylic oxidation sites excluding steroid dienone is 1. The van der Waals surface area contributed by atoms with E-state index in [1.54, 1.807) is 13.0 Å². The minimum absolute atomic E-state index is 0.0376. The van der Waals surface area contributed by atoms with Crippen LogP contribution in [0, 0.1) is 0 Å². The molecule has 0 aliphatic carbocycles. The summed E-state index contributed by atoms with van der Waals surface area (Å²) >= 11 is 0. The summed E-state index contributed by atoms with van der Waals surface area (Å²) in [5.41, 5.74) is 0. The summed E-state index contributed by atoms with van der Waals surface area (Å²) in [6.45, 7) is 2.36. The molecule has 0 unspecified atom stereocenters. The zero-order valence-electron chi connectivity index (χ0n) is 7.25. The molecule has 0 N–H and O–H groups in total. The molecule has 1 fully saturated rings. The van der Waals surface area contributed by atoms with E-state index in [0.29, 0.717) is 13.0 Å². The van der Waals surface area contributed by atoms with Gasteiger partial charge in [0.1, 0.15) is 0 Å². The average molecular weight is 167 g/mol. The summed E-state index contributed by atoms with van der Waals surface area (Å²) in [6, 6.07) is 0. The Morgan fingerprint density at radius 3 is 2.83 bits per heavy atom. The lowest BCUT2D eigenvalue weighted by atomic mass is 10.1. The maximum Gasteiger partial charge on any atom is 0.252 e. The van der Waals surface area contributed by atoms with E-state index < -0.39 is 0 Å². The van der Waals surface area contributed by atoms with Crippen molar-refractivity contribution in [3.8, 4) is 0 Å². The molecule has 1 heterocycles. The molecule has 0 saturated carbocycles. The molecule has 3 nitrogen and oxygen atoms in total. The highest BCUT2D eigenvalue weighted by atomic mass is 16.2. The molecular weight excluding hydrogens is 154 g/mol. The van der Waals surface area contributed by atoms with Crippen molar-refractivity contribution in [3.05, 3.63) is 12.2 Å². The molecule has 0 spiro atoms. The number of amides is 2. The number of hydrogen-bond acceptors (Lipinski definition) is 2. The maximum absolute atomic E-state index is 11.2. The van der Waals surface area contributed by atoms with Crippen molar-refractivity contribution >= 4 is 11.8 Å².